The number of carbonyl (C=O) groups excluding carboxylic acids is 3. The van der Waals surface area contributed by atoms with Gasteiger partial charge in [0.1, 0.15) is 36.9 Å². The maximum Gasteiger partial charge on any atom is 0.410 e. The van der Waals surface area contributed by atoms with Crippen LogP contribution in [0, 0.1) is 18.6 Å². The Morgan fingerprint density at radius 1 is 1.04 bits per heavy atom. The molecular weight excluding hydrogens is 743 g/mol. The van der Waals surface area contributed by atoms with Crippen molar-refractivity contribution in [2.75, 3.05) is 13.6 Å². The lowest BCUT2D eigenvalue weighted by molar-refractivity contribution is -0.754. The van der Waals surface area contributed by atoms with E-state index in [0.717, 1.165) is 38.9 Å². The van der Waals surface area contributed by atoms with Crippen molar-refractivity contribution in [2.45, 2.75) is 91.2 Å². The number of hydrogen-bond acceptors (Lipinski definition) is 10. The Morgan fingerprint density at radius 2 is 1.77 bits per heavy atom. The van der Waals surface area contributed by atoms with Gasteiger partial charge in [-0.2, -0.15) is 4.57 Å². The van der Waals surface area contributed by atoms with Gasteiger partial charge in [0.15, 0.2) is 0 Å². The summed E-state index contributed by atoms with van der Waals surface area (Å²) in [5, 5.41) is 7.19. The monoisotopic (exact) mass is 789 g/mol. The fourth-order valence-electron chi connectivity index (χ4n) is 5.88. The zero-order valence-corrected chi connectivity index (χ0v) is 33.5. The van der Waals surface area contributed by atoms with Crippen LogP contribution >= 0.6 is 11.3 Å². The average molecular weight is 790 g/mol. The summed E-state index contributed by atoms with van der Waals surface area (Å²) in [6.07, 6.45) is 3.19. The molecule has 0 bridgehead atoms. The van der Waals surface area contributed by atoms with Crippen LogP contribution in [0.3, 0.4) is 0 Å². The number of hydrogen-bond donors (Lipinski definition) is 0. The van der Waals surface area contributed by atoms with Gasteiger partial charge in [-0.25, -0.2) is 18.6 Å². The predicted molar refractivity (Wildman–Crippen MR) is 204 cm³/mol. The number of aryl methyl sites for hydroxylation is 1. The van der Waals surface area contributed by atoms with Gasteiger partial charge in [-0.15, -0.1) is 16.0 Å². The van der Waals surface area contributed by atoms with Crippen LogP contribution in [-0.4, -0.2) is 61.9 Å². The summed E-state index contributed by atoms with van der Waals surface area (Å²) >= 11 is 1.46. The highest BCUT2D eigenvalue weighted by molar-refractivity contribution is 7.10. The Balaban J connectivity index is 1.25. The summed E-state index contributed by atoms with van der Waals surface area (Å²) in [7, 11) is 1.43. The van der Waals surface area contributed by atoms with E-state index in [1.807, 2.05) is 43.5 Å². The second-order valence-corrected chi connectivity index (χ2v) is 15.6. The van der Waals surface area contributed by atoms with Crippen LogP contribution in [0.4, 0.5) is 13.6 Å². The summed E-state index contributed by atoms with van der Waals surface area (Å²) in [4.78, 5) is 48.5. The number of pyridine rings is 1. The second-order valence-electron chi connectivity index (χ2n) is 14.7. The molecule has 4 atom stereocenters. The first-order chi connectivity index (χ1) is 26.5. The fraction of sp³-hybridized carbons (Fsp3) is 0.390. The summed E-state index contributed by atoms with van der Waals surface area (Å²) < 4.78 is 49.5. The quantitative estimate of drug-likeness (QED) is 0.0633. The van der Waals surface area contributed by atoms with Crippen LogP contribution in [0.15, 0.2) is 78.8 Å². The maximum absolute atomic E-state index is 15.3. The third-order valence-corrected chi connectivity index (χ3v) is 10.1. The molecule has 0 saturated heterocycles. The zero-order valence-electron chi connectivity index (χ0n) is 32.7. The van der Waals surface area contributed by atoms with E-state index < -0.39 is 53.3 Å². The van der Waals surface area contributed by atoms with Crippen molar-refractivity contribution in [3.8, 4) is 11.3 Å². The molecule has 56 heavy (non-hydrogen) atoms. The molecule has 0 fully saturated rings. The number of carbonyl (C=O) groups is 3. The Bertz CT molecular complexity index is 2150. The van der Waals surface area contributed by atoms with Crippen molar-refractivity contribution >= 4 is 29.4 Å². The molecular formula is C41H47F2N6O6S+. The minimum atomic E-state index is -0.836. The third-order valence-electron chi connectivity index (χ3n) is 9.06. The van der Waals surface area contributed by atoms with E-state index in [0.29, 0.717) is 11.3 Å². The number of amides is 1. The Hall–Kier alpha value is -5.57. The van der Waals surface area contributed by atoms with Crippen molar-refractivity contribution < 1.29 is 41.9 Å². The molecule has 0 aliphatic carbocycles. The number of aromatic nitrogens is 5. The van der Waals surface area contributed by atoms with Gasteiger partial charge in [-0.1, -0.05) is 42.8 Å². The molecule has 2 aromatic carbocycles. The molecule has 12 nitrogen and oxygen atoms in total. The van der Waals surface area contributed by atoms with Crippen LogP contribution in [0.5, 0.6) is 0 Å². The topological polar surface area (TPSA) is 130 Å². The molecule has 0 spiro atoms. The average Bonchev–Trinajstić information content (AvgIpc) is 3.84. The molecule has 5 aromatic rings. The molecule has 0 aliphatic rings. The Morgan fingerprint density at radius 3 is 2.48 bits per heavy atom. The first-order valence-electron chi connectivity index (χ1n) is 18.1. The van der Waals surface area contributed by atoms with Gasteiger partial charge in [0.25, 0.3) is 6.33 Å². The molecule has 0 saturated carbocycles. The van der Waals surface area contributed by atoms with Crippen LogP contribution in [0.2, 0.25) is 0 Å². The number of likely N-dealkylation sites (N-methyl/N-ethyl adjacent to an activating group) is 1. The highest BCUT2D eigenvalue weighted by Gasteiger charge is 2.31. The van der Waals surface area contributed by atoms with Crippen molar-refractivity contribution in [1.82, 2.24) is 24.6 Å². The Kier molecular flexibility index (Phi) is 13.3. The molecule has 3 heterocycles. The van der Waals surface area contributed by atoms with Crippen LogP contribution in [0.1, 0.15) is 92.9 Å². The molecule has 15 heteroatoms. The van der Waals surface area contributed by atoms with Crippen molar-refractivity contribution in [1.29, 1.82) is 0 Å². The van der Waals surface area contributed by atoms with E-state index in [2.05, 4.69) is 10.1 Å². The minimum absolute atomic E-state index is 0.175. The Labute approximate surface area is 329 Å². The van der Waals surface area contributed by atoms with Gasteiger partial charge in [-0.05, 0) is 64.4 Å². The van der Waals surface area contributed by atoms with Gasteiger partial charge in [0.05, 0.1) is 22.3 Å². The van der Waals surface area contributed by atoms with Crippen LogP contribution in [-0.2, 0) is 37.0 Å². The third kappa shape index (κ3) is 10.8. The van der Waals surface area contributed by atoms with Gasteiger partial charge >= 0.3 is 18.0 Å². The van der Waals surface area contributed by atoms with Crippen molar-refractivity contribution in [3.63, 3.8) is 0 Å². The predicted octanol–water partition coefficient (Wildman–Crippen LogP) is 7.64. The van der Waals surface area contributed by atoms with Crippen LogP contribution < -0.4 is 4.57 Å². The van der Waals surface area contributed by atoms with E-state index in [1.165, 1.54) is 37.0 Å². The number of rotatable bonds is 14. The first kappa shape index (κ1) is 41.6. The SMILES string of the molecule is Cc1ccc(-c2csc([C@H](C)C(Cn3c[n+](C(C)OC(=O)C(C)c4ncccc4COC(=O)CN(C)C(=O)OC(C)(C)C)cn3)c3cc(F)ccc3F)n2)cc1. The van der Waals surface area contributed by atoms with Gasteiger partial charge in [0.2, 0.25) is 12.6 Å². The molecule has 296 valence electrons. The van der Waals surface area contributed by atoms with Crippen molar-refractivity contribution in [3.05, 3.63) is 118 Å². The summed E-state index contributed by atoms with van der Waals surface area (Å²) in [5.41, 5.74) is 3.24. The number of halogens is 2. The van der Waals surface area contributed by atoms with E-state index in [1.54, 1.807) is 62.3 Å². The van der Waals surface area contributed by atoms with E-state index in [-0.39, 0.29) is 31.2 Å². The van der Waals surface area contributed by atoms with Gasteiger partial charge in [0, 0.05) is 53.6 Å². The molecule has 0 N–H and O–H groups in total. The number of benzene rings is 2. The summed E-state index contributed by atoms with van der Waals surface area (Å²) in [5.74, 6) is -4.05. The van der Waals surface area contributed by atoms with Crippen LogP contribution in [0.25, 0.3) is 11.3 Å². The van der Waals surface area contributed by atoms with E-state index in [9.17, 15) is 18.8 Å². The summed E-state index contributed by atoms with van der Waals surface area (Å²) in [6, 6.07) is 14.8. The maximum atomic E-state index is 15.3. The highest BCUT2D eigenvalue weighted by atomic mass is 32.1. The number of ether oxygens (including phenoxy) is 3. The molecule has 3 unspecified atom stereocenters. The molecule has 0 aliphatic heterocycles. The molecule has 5 rings (SSSR count). The number of esters is 2. The largest absolute Gasteiger partial charge is 0.459 e. The molecule has 1 amide bonds. The van der Waals surface area contributed by atoms with Gasteiger partial charge < -0.3 is 19.1 Å². The molecule has 3 aromatic heterocycles. The lowest BCUT2D eigenvalue weighted by Crippen LogP contribution is -2.39. The zero-order chi connectivity index (χ0) is 40.7. The van der Waals surface area contributed by atoms with Gasteiger partial charge in [-0.3, -0.25) is 14.6 Å². The lowest BCUT2D eigenvalue weighted by atomic mass is 9.87. The smallest absolute Gasteiger partial charge is 0.410 e. The first-order valence-corrected chi connectivity index (χ1v) is 19.0. The lowest BCUT2D eigenvalue weighted by Gasteiger charge is -2.24. The number of nitrogens with zero attached hydrogens (tertiary/aromatic N) is 6. The highest BCUT2D eigenvalue weighted by Crippen LogP contribution is 2.38. The molecule has 0 radical (unpaired) electrons. The number of thiazole rings is 1. The fourth-order valence-corrected chi connectivity index (χ4v) is 6.83. The van der Waals surface area contributed by atoms with E-state index in [4.69, 9.17) is 19.2 Å². The second kappa shape index (κ2) is 17.9. The van der Waals surface area contributed by atoms with E-state index >= 15 is 4.39 Å². The normalized spacial score (nSPS) is 13.7. The van der Waals surface area contributed by atoms with Crippen molar-refractivity contribution in [2.24, 2.45) is 0 Å². The summed E-state index contributed by atoms with van der Waals surface area (Å²) in [6.45, 7) is 12.1. The standard InChI is InChI=1S/C41H47F2N6O6S/c1-25-11-13-29(14-12-25)35-22-56-38(46-35)26(2)33(32-18-31(42)15-16-34(32)43)19-49-24-48(23-45-49)28(4)54-39(51)27(3)37-30(10-9-17-44-37)21-53-36(50)20-47(8)40(52)55-41(5,6)7/h9-18,22-24,26-28,33H,19-21H2,1-8H3/q+1/t26-,27?,28?,33?/m1/s1. The minimum Gasteiger partial charge on any atom is -0.459 e.